The van der Waals surface area contributed by atoms with Crippen LogP contribution in [0, 0.1) is 3.57 Å². The van der Waals surface area contributed by atoms with Crippen molar-refractivity contribution < 1.29 is 86.4 Å². The number of Topliss-reactive ketones (excluding diaryl/α,β-unsaturated/α-hetero) is 2. The number of hydrogen-bond donors (Lipinski definition) is 3. The number of nitrogens with one attached hydrogen (secondary N) is 2. The van der Waals surface area contributed by atoms with Gasteiger partial charge in [-0.05, 0) is 272 Å². The summed E-state index contributed by atoms with van der Waals surface area (Å²) in [6.07, 6.45) is -4.81. The lowest BCUT2D eigenvalue weighted by atomic mass is 9.89. The molecule has 1 atom stereocenters. The highest BCUT2D eigenvalue weighted by atomic mass is 127. The first kappa shape index (κ1) is 109. The lowest BCUT2D eigenvalue weighted by Crippen LogP contribution is -2.51. The highest BCUT2D eigenvalue weighted by Gasteiger charge is 2.49. The maximum Gasteiger partial charge on any atom is 0.416 e. The third-order valence-electron chi connectivity index (χ3n) is 22.9. The van der Waals surface area contributed by atoms with Crippen LogP contribution in [-0.4, -0.2) is 94.9 Å². The maximum absolute atomic E-state index is 13.3. The van der Waals surface area contributed by atoms with Gasteiger partial charge in [-0.3, -0.25) is 19.4 Å². The number of ether oxygens (including phenoxy) is 2. The van der Waals surface area contributed by atoms with E-state index >= 15 is 0 Å². The molecule has 19 nitrogen and oxygen atoms in total. The highest BCUT2D eigenvalue weighted by molar-refractivity contribution is 14.1. The Hall–Kier alpha value is -10.9. The van der Waals surface area contributed by atoms with E-state index in [4.69, 9.17) is 19.4 Å². The van der Waals surface area contributed by atoms with Gasteiger partial charge in [-0.1, -0.05) is 138 Å². The van der Waals surface area contributed by atoms with E-state index in [0.717, 1.165) is 69.6 Å². The summed E-state index contributed by atoms with van der Waals surface area (Å²) in [4.78, 5) is 77.3. The molecule has 8 heterocycles. The zero-order chi connectivity index (χ0) is 101. The van der Waals surface area contributed by atoms with Crippen molar-refractivity contribution in [2.75, 3.05) is 20.4 Å². The van der Waals surface area contributed by atoms with Crippen LogP contribution in [0.4, 0.5) is 85.5 Å². The molecule has 0 bridgehead atoms. The van der Waals surface area contributed by atoms with E-state index < -0.39 is 92.4 Å². The highest BCUT2D eigenvalue weighted by Crippen LogP contribution is 2.48. The number of aromatic nitrogens is 8. The summed E-state index contributed by atoms with van der Waals surface area (Å²) in [5, 5.41) is 20.4. The molecule has 724 valence electrons. The molecule has 2 amide bonds. The molecule has 35 heteroatoms. The van der Waals surface area contributed by atoms with E-state index in [2.05, 4.69) is 179 Å². The first-order valence-corrected chi connectivity index (χ1v) is 49.9. The molecule has 0 aliphatic heterocycles. The van der Waals surface area contributed by atoms with Gasteiger partial charge in [-0.2, -0.15) is 52.7 Å². The molecule has 1 unspecified atom stereocenters. The molecular weight excluding hydrogens is 1970 g/mol. The number of amides is 2. The Balaban J connectivity index is 0.000000219. The van der Waals surface area contributed by atoms with E-state index in [1.807, 2.05) is 30.5 Å². The average molecular weight is 2090 g/mol. The SMILES string of the molecule is CC(=O)c1ccc(N(Cc2ccc(C(F)(F)F)cc2)C(=O)OC(C)(C)C)nc1.CC(=O)c1ccc(NCc2ccc(C(F)(F)F)cc2)nc1.CC(C)[Si](C(C)C)(C(C)C)n1cc(C(C)(O)c2ccc(N(Cc3ccc(C(F)(F)F)cc3)C(=O)OC(C)(C)C)nc2)c2cccnc21.CC(C)[Si](C(C)C)(C(C)C)n1cc(I)c2cccnc21.FC(F)(F)c1ccc(CNc2ccc(Br)cn2)cc1. The third-order valence-corrected chi connectivity index (χ3v) is 37.7. The average Bonchev–Trinajstić information content (AvgIpc) is 1.58. The van der Waals surface area contributed by atoms with E-state index in [1.54, 1.807) is 91.2 Å². The number of benzene rings is 4. The van der Waals surface area contributed by atoms with Crippen LogP contribution in [0.5, 0.6) is 0 Å². The van der Waals surface area contributed by atoms with Crippen molar-refractivity contribution in [2.24, 2.45) is 0 Å². The molecule has 3 N–H and O–H groups in total. The van der Waals surface area contributed by atoms with Crippen molar-refractivity contribution in [1.82, 2.24) is 38.4 Å². The summed E-state index contributed by atoms with van der Waals surface area (Å²) in [6.45, 7) is 43.6. The summed E-state index contributed by atoms with van der Waals surface area (Å²) in [5.74, 6) is 1.43. The number of carbonyl (C=O) groups is 4. The fourth-order valence-corrected chi connectivity index (χ4v) is 31.1. The third kappa shape index (κ3) is 28.6. The summed E-state index contributed by atoms with van der Waals surface area (Å²) in [6, 6.07) is 40.5. The van der Waals surface area contributed by atoms with Crippen molar-refractivity contribution >= 4 is 124 Å². The number of halogens is 14. The Morgan fingerprint density at radius 3 is 1.04 bits per heavy atom. The second-order valence-corrected chi connectivity index (χ2v) is 50.1. The number of hydrogen-bond acceptors (Lipinski definition) is 15. The van der Waals surface area contributed by atoms with Crippen molar-refractivity contribution in [3.8, 4) is 0 Å². The normalized spacial score (nSPS) is 12.7. The second-order valence-electron chi connectivity index (χ2n) is 36.6. The predicted octanol–water partition coefficient (Wildman–Crippen LogP) is 29.0. The van der Waals surface area contributed by atoms with Gasteiger partial charge in [0.05, 0.1) is 35.3 Å². The number of nitrogens with zero attached hydrogens (tertiary/aromatic N) is 10. The molecule has 4 aromatic carbocycles. The van der Waals surface area contributed by atoms with Crippen molar-refractivity contribution in [2.45, 2.75) is 246 Å². The monoisotopic (exact) mass is 2090 g/mol. The van der Waals surface area contributed by atoms with Gasteiger partial charge < -0.3 is 33.7 Å². The van der Waals surface area contributed by atoms with Crippen LogP contribution in [0.25, 0.3) is 22.1 Å². The lowest BCUT2D eigenvalue weighted by Gasteiger charge is -2.44. The Labute approximate surface area is 804 Å². The quantitative estimate of drug-likeness (QED) is 0.0221. The number of fused-ring (bicyclic) bond motifs is 2. The zero-order valence-corrected chi connectivity index (χ0v) is 85.0. The molecule has 12 rings (SSSR count). The number of carbonyl (C=O) groups excluding carboxylic acids is 4. The molecule has 0 aliphatic carbocycles. The van der Waals surface area contributed by atoms with Gasteiger partial charge in [0.2, 0.25) is 0 Å². The number of alkyl halides is 12. The number of rotatable bonds is 24. The standard InChI is InChI=1S/C36H47F3N4O3Si.C20H21F3N2O3.C16H25IN2Si.C15H13F3N2O.C13H10BrF3N2/c1-23(2)47(24(3)4,25(5)6)43-22-30(29-12-11-19-40-32(29)43)35(10,45)28-17-18-31(41-20-28)42(33(44)46-34(7,8)9)21-26-13-15-27(16-14-26)36(37,38)39;1-13(26)15-7-10-17(24-11-15)25(18(27)28-19(2,3)4)12-14-5-8-16(9-6-14)20(21,22)23;1-11(2)20(12(3)4,13(5)6)19-10-15(17)14-8-7-9-18-16(14)19;1-10(21)12-4-7-14(20-9-12)19-8-11-2-5-13(6-3-11)15(16,17)18;14-11-5-6-12(19-8-11)18-7-9-1-3-10(4-2-9)13(15,16)17/h11-20,22-25,45H,21H2,1-10H3;5-11H,12H2,1-4H3;7-13H,1-6H3;2-7,9H,8H2,1H3,(H,19,20);1-6,8H,7H2,(H,18,19). The topological polar surface area (TPSA) is 225 Å². The van der Waals surface area contributed by atoms with E-state index in [0.29, 0.717) is 96.9 Å². The van der Waals surface area contributed by atoms with Crippen molar-refractivity contribution in [3.05, 3.63) is 294 Å². The van der Waals surface area contributed by atoms with Crippen LogP contribution in [0.15, 0.2) is 224 Å². The molecule has 135 heavy (non-hydrogen) atoms. The van der Waals surface area contributed by atoms with E-state index in [1.165, 1.54) is 118 Å². The van der Waals surface area contributed by atoms with Crippen LogP contribution < -0.4 is 20.4 Å². The minimum Gasteiger partial charge on any atom is -0.443 e. The van der Waals surface area contributed by atoms with Crippen LogP contribution in [0.1, 0.15) is 222 Å². The molecule has 0 spiro atoms. The van der Waals surface area contributed by atoms with Crippen molar-refractivity contribution in [1.29, 1.82) is 0 Å². The molecule has 8 aromatic heterocycles. The zero-order valence-electron chi connectivity index (χ0n) is 79.2. The Kier molecular flexibility index (Phi) is 36.8. The molecule has 0 saturated heterocycles. The summed E-state index contributed by atoms with van der Waals surface area (Å²) in [7, 11) is -3.93. The lowest BCUT2D eigenvalue weighted by molar-refractivity contribution is -0.138. The minimum absolute atomic E-state index is 0.0422. The van der Waals surface area contributed by atoms with Gasteiger partial charge >= 0.3 is 36.9 Å². The second kappa shape index (κ2) is 45.4. The van der Waals surface area contributed by atoms with Crippen molar-refractivity contribution in [3.63, 3.8) is 0 Å². The molecule has 0 saturated carbocycles. The minimum atomic E-state index is -4.47. The predicted molar refractivity (Wildman–Crippen MR) is 524 cm³/mol. The van der Waals surface area contributed by atoms with Gasteiger partial charge in [-0.15, -0.1) is 0 Å². The molecular formula is C100H116BrF12IN12O7Si2. The van der Waals surface area contributed by atoms with Gasteiger partial charge in [0.1, 0.15) is 51.4 Å². The molecule has 0 radical (unpaired) electrons. The Morgan fingerprint density at radius 1 is 0.407 bits per heavy atom. The number of aliphatic hydroxyl groups is 1. The maximum atomic E-state index is 13.3. The summed E-state index contributed by atoms with van der Waals surface area (Å²) >= 11 is 5.72. The van der Waals surface area contributed by atoms with E-state index in [-0.39, 0.29) is 36.3 Å². The van der Waals surface area contributed by atoms with Gasteiger partial charge in [0, 0.05) is 104 Å². The first-order chi connectivity index (χ1) is 62.7. The molecule has 0 aliphatic rings. The largest absolute Gasteiger partial charge is 0.443 e. The Bertz CT molecular complexity index is 5870. The molecule has 12 aromatic rings. The smallest absolute Gasteiger partial charge is 0.416 e. The van der Waals surface area contributed by atoms with Crippen LogP contribution in [0.3, 0.4) is 0 Å². The van der Waals surface area contributed by atoms with Crippen LogP contribution in [0.2, 0.25) is 33.2 Å². The van der Waals surface area contributed by atoms with Gasteiger partial charge in [0.15, 0.2) is 28.0 Å². The fraction of sp³-hybridized carbons (Fsp3) is 0.380. The van der Waals surface area contributed by atoms with Gasteiger partial charge in [0.25, 0.3) is 0 Å². The molecule has 0 fully saturated rings. The summed E-state index contributed by atoms with van der Waals surface area (Å²) in [5.41, 5.74) is 3.92. The number of pyridine rings is 6. The van der Waals surface area contributed by atoms with E-state index in [9.17, 15) is 77.0 Å². The van der Waals surface area contributed by atoms with Crippen LogP contribution in [-0.2, 0) is 66.0 Å². The van der Waals surface area contributed by atoms with Crippen LogP contribution >= 0.6 is 38.5 Å². The Morgan fingerprint density at radius 2 is 0.726 bits per heavy atom. The number of anilines is 4. The van der Waals surface area contributed by atoms with Gasteiger partial charge in [-0.25, -0.2) is 39.5 Å². The fourth-order valence-electron chi connectivity index (χ4n) is 16.7. The first-order valence-electron chi connectivity index (χ1n) is 43.7. The number of ketones is 2. The summed E-state index contributed by atoms with van der Waals surface area (Å²) < 4.78 is 170.